The van der Waals surface area contributed by atoms with Gasteiger partial charge in [0, 0.05) is 0 Å². The molecule has 0 aliphatic carbocycles. The van der Waals surface area contributed by atoms with Crippen molar-refractivity contribution >= 4 is 17.3 Å². The zero-order valence-corrected chi connectivity index (χ0v) is 10.5. The maximum Gasteiger partial charge on any atom is 0.353 e. The number of furan rings is 1. The highest BCUT2D eigenvalue weighted by Gasteiger charge is 2.23. The maximum atomic E-state index is 10.9. The van der Waals surface area contributed by atoms with Crippen LogP contribution in [-0.4, -0.2) is 14.9 Å². The first kappa shape index (κ1) is 12.8. The molecule has 0 saturated heterocycles. The fourth-order valence-corrected chi connectivity index (χ4v) is 1.64. The summed E-state index contributed by atoms with van der Waals surface area (Å²) >= 11 is 0. The Balaban J connectivity index is 2.28. The number of nitrogen functional groups attached to an aromatic ring is 1. The first-order valence-corrected chi connectivity index (χ1v) is 5.56. The number of nitro groups is 1. The highest BCUT2D eigenvalue weighted by molar-refractivity contribution is 5.67. The van der Waals surface area contributed by atoms with Crippen molar-refractivity contribution in [1.82, 2.24) is 9.97 Å². The van der Waals surface area contributed by atoms with Crippen molar-refractivity contribution in [3.8, 4) is 0 Å². The van der Waals surface area contributed by atoms with Crippen LogP contribution in [0.5, 0.6) is 0 Å². The fraction of sp³-hybridized carbons (Fsp3) is 0.273. The largest absolute Gasteiger partial charge is 0.464 e. The molecule has 0 spiro atoms. The van der Waals surface area contributed by atoms with Gasteiger partial charge >= 0.3 is 5.69 Å². The number of hydrogen-bond donors (Lipinski definition) is 2. The van der Waals surface area contributed by atoms with Crippen molar-refractivity contribution < 1.29 is 9.34 Å². The van der Waals surface area contributed by atoms with E-state index in [-0.39, 0.29) is 23.4 Å². The molecule has 0 amide bonds. The Bertz CT molecular complexity index is 610. The van der Waals surface area contributed by atoms with Crippen LogP contribution in [0, 0.1) is 17.0 Å². The first-order chi connectivity index (χ1) is 8.99. The van der Waals surface area contributed by atoms with Crippen LogP contribution in [-0.2, 0) is 0 Å². The minimum atomic E-state index is -0.613. The molecule has 3 N–H and O–H groups in total. The van der Waals surface area contributed by atoms with Gasteiger partial charge in [0.25, 0.3) is 0 Å². The van der Waals surface area contributed by atoms with E-state index in [1.54, 1.807) is 13.0 Å². The second kappa shape index (κ2) is 4.92. The summed E-state index contributed by atoms with van der Waals surface area (Å²) in [5.41, 5.74) is 5.15. The molecule has 0 radical (unpaired) electrons. The second-order valence-corrected chi connectivity index (χ2v) is 4.03. The molecule has 2 rings (SSSR count). The summed E-state index contributed by atoms with van der Waals surface area (Å²) in [5.74, 6) is 1.31. The Morgan fingerprint density at radius 3 is 2.79 bits per heavy atom. The molecule has 0 aliphatic heterocycles. The Labute approximate surface area is 108 Å². The number of rotatable bonds is 4. The van der Waals surface area contributed by atoms with Gasteiger partial charge in [0.05, 0.1) is 11.0 Å². The average molecular weight is 263 g/mol. The molecule has 2 aromatic rings. The van der Waals surface area contributed by atoms with Crippen LogP contribution in [0.4, 0.5) is 17.3 Å². The van der Waals surface area contributed by atoms with Crippen molar-refractivity contribution in [2.45, 2.75) is 19.9 Å². The van der Waals surface area contributed by atoms with Crippen LogP contribution in [0.25, 0.3) is 0 Å². The number of aryl methyl sites for hydroxylation is 1. The summed E-state index contributed by atoms with van der Waals surface area (Å²) in [6, 6.07) is 3.33. The number of nitrogens with two attached hydrogens (primary N) is 1. The Kier molecular flexibility index (Phi) is 3.32. The van der Waals surface area contributed by atoms with Gasteiger partial charge in [-0.05, 0) is 26.0 Å². The standard InChI is InChI=1S/C11H13N5O3/c1-6-3-4-8(19-6)7(2)15-11-9(16(17)18)10(12)13-5-14-11/h3-5,7H,1-2H3,(H3,12,13,14,15). The lowest BCUT2D eigenvalue weighted by molar-refractivity contribution is -0.383. The van der Waals surface area contributed by atoms with E-state index in [1.165, 1.54) is 6.33 Å². The molecule has 0 bridgehead atoms. The van der Waals surface area contributed by atoms with Gasteiger partial charge in [-0.2, -0.15) is 0 Å². The van der Waals surface area contributed by atoms with Gasteiger partial charge in [0.15, 0.2) is 0 Å². The normalized spacial score (nSPS) is 12.1. The summed E-state index contributed by atoms with van der Waals surface area (Å²) in [7, 11) is 0. The molecule has 0 fully saturated rings. The molecule has 0 aromatic carbocycles. The lowest BCUT2D eigenvalue weighted by atomic mass is 10.2. The fourth-order valence-electron chi connectivity index (χ4n) is 1.64. The molecule has 1 atom stereocenters. The minimum absolute atomic E-state index is 0.0686. The molecular weight excluding hydrogens is 250 g/mol. The van der Waals surface area contributed by atoms with E-state index < -0.39 is 4.92 Å². The van der Waals surface area contributed by atoms with Gasteiger partial charge in [0.2, 0.25) is 11.6 Å². The number of hydrogen-bond acceptors (Lipinski definition) is 7. The van der Waals surface area contributed by atoms with E-state index in [2.05, 4.69) is 15.3 Å². The van der Waals surface area contributed by atoms with E-state index in [0.717, 1.165) is 5.76 Å². The SMILES string of the molecule is Cc1ccc(C(C)Nc2ncnc(N)c2[N+](=O)[O-])o1. The highest BCUT2D eigenvalue weighted by atomic mass is 16.6. The lowest BCUT2D eigenvalue weighted by Gasteiger charge is -2.12. The van der Waals surface area contributed by atoms with Gasteiger partial charge < -0.3 is 15.5 Å². The van der Waals surface area contributed by atoms with E-state index in [1.807, 2.05) is 13.0 Å². The maximum absolute atomic E-state index is 10.9. The third-order valence-corrected chi connectivity index (χ3v) is 2.57. The second-order valence-electron chi connectivity index (χ2n) is 4.03. The van der Waals surface area contributed by atoms with Crippen LogP contribution in [0.1, 0.15) is 24.5 Å². The molecule has 0 aliphatic rings. The van der Waals surface area contributed by atoms with E-state index >= 15 is 0 Å². The van der Waals surface area contributed by atoms with Crippen LogP contribution in [0.3, 0.4) is 0 Å². The number of nitrogens with zero attached hydrogens (tertiary/aromatic N) is 3. The quantitative estimate of drug-likeness (QED) is 0.639. The van der Waals surface area contributed by atoms with Gasteiger partial charge in [-0.25, -0.2) is 9.97 Å². The van der Waals surface area contributed by atoms with Gasteiger partial charge in [-0.3, -0.25) is 10.1 Å². The third kappa shape index (κ3) is 2.62. The molecule has 8 nitrogen and oxygen atoms in total. The summed E-state index contributed by atoms with van der Waals surface area (Å²) in [5, 5.41) is 13.8. The Morgan fingerprint density at radius 2 is 2.21 bits per heavy atom. The zero-order valence-electron chi connectivity index (χ0n) is 10.5. The molecule has 0 saturated carbocycles. The third-order valence-electron chi connectivity index (χ3n) is 2.57. The minimum Gasteiger partial charge on any atom is -0.464 e. The summed E-state index contributed by atoms with van der Waals surface area (Å²) in [6.07, 6.45) is 1.17. The monoisotopic (exact) mass is 263 g/mol. The lowest BCUT2D eigenvalue weighted by Crippen LogP contribution is -2.11. The predicted molar refractivity (Wildman–Crippen MR) is 68.6 cm³/mol. The Hall–Kier alpha value is -2.64. The van der Waals surface area contributed by atoms with Crippen LogP contribution in [0.15, 0.2) is 22.9 Å². The van der Waals surface area contributed by atoms with Crippen molar-refractivity contribution in [1.29, 1.82) is 0 Å². The molecule has 8 heteroatoms. The van der Waals surface area contributed by atoms with Crippen LogP contribution >= 0.6 is 0 Å². The van der Waals surface area contributed by atoms with Crippen molar-refractivity contribution in [2.75, 3.05) is 11.1 Å². The molecule has 2 aromatic heterocycles. The molecule has 2 heterocycles. The van der Waals surface area contributed by atoms with Gasteiger partial charge in [-0.1, -0.05) is 0 Å². The Morgan fingerprint density at radius 1 is 1.47 bits per heavy atom. The first-order valence-electron chi connectivity index (χ1n) is 5.56. The van der Waals surface area contributed by atoms with Crippen LogP contribution < -0.4 is 11.1 Å². The van der Waals surface area contributed by atoms with Crippen LogP contribution in [0.2, 0.25) is 0 Å². The number of anilines is 2. The predicted octanol–water partition coefficient (Wildman–Crippen LogP) is 2.04. The topological polar surface area (TPSA) is 120 Å². The number of aromatic nitrogens is 2. The summed E-state index contributed by atoms with van der Waals surface area (Å²) in [6.45, 7) is 3.63. The van der Waals surface area contributed by atoms with E-state index in [0.29, 0.717) is 5.76 Å². The number of nitrogens with one attached hydrogen (secondary N) is 1. The molecule has 19 heavy (non-hydrogen) atoms. The van der Waals surface area contributed by atoms with E-state index in [9.17, 15) is 10.1 Å². The van der Waals surface area contributed by atoms with E-state index in [4.69, 9.17) is 10.2 Å². The van der Waals surface area contributed by atoms with Crippen molar-refractivity contribution in [2.24, 2.45) is 0 Å². The van der Waals surface area contributed by atoms with Crippen molar-refractivity contribution in [3.63, 3.8) is 0 Å². The van der Waals surface area contributed by atoms with Gasteiger partial charge in [0.1, 0.15) is 17.8 Å². The highest BCUT2D eigenvalue weighted by Crippen LogP contribution is 2.29. The molecular formula is C11H13N5O3. The van der Waals surface area contributed by atoms with Crippen molar-refractivity contribution in [3.05, 3.63) is 40.1 Å². The van der Waals surface area contributed by atoms with Gasteiger partial charge in [-0.15, -0.1) is 0 Å². The summed E-state index contributed by atoms with van der Waals surface area (Å²) < 4.78 is 5.44. The zero-order chi connectivity index (χ0) is 14.0. The smallest absolute Gasteiger partial charge is 0.353 e. The summed E-state index contributed by atoms with van der Waals surface area (Å²) in [4.78, 5) is 17.8. The molecule has 100 valence electrons. The molecule has 1 unspecified atom stereocenters. The average Bonchev–Trinajstić information content (AvgIpc) is 2.75.